The molecule has 0 N–H and O–H groups in total. The predicted molar refractivity (Wildman–Crippen MR) is 55.0 cm³/mol. The highest BCUT2D eigenvalue weighted by molar-refractivity contribution is 4.82. The van der Waals surface area contributed by atoms with Crippen molar-refractivity contribution in [2.45, 2.75) is 58.7 Å². The van der Waals surface area contributed by atoms with E-state index in [-0.39, 0.29) is 11.8 Å². The minimum Gasteiger partial charge on any atom is -0.361 e. The zero-order valence-corrected chi connectivity index (χ0v) is 9.75. The van der Waals surface area contributed by atoms with Gasteiger partial charge in [-0.3, -0.25) is 0 Å². The second-order valence-electron chi connectivity index (χ2n) is 5.21. The Labute approximate surface area is 87.0 Å². The summed E-state index contributed by atoms with van der Waals surface area (Å²) in [5, 5.41) is 13.0. The molecule has 1 rings (SSSR count). The van der Waals surface area contributed by atoms with Crippen LogP contribution in [0.2, 0.25) is 0 Å². The SMILES string of the molecule is CC(C)COC1CCCC(C)(C)N1[O]. The van der Waals surface area contributed by atoms with Crippen LogP contribution in [-0.4, -0.2) is 23.4 Å². The standard InChI is InChI=1S/C11H22NO2/c1-9(2)8-14-10-6-5-7-11(3,4)12(10)13/h9-10H,5-8H2,1-4H3. The normalized spacial score (nSPS) is 28.3. The van der Waals surface area contributed by atoms with Crippen molar-refractivity contribution >= 4 is 0 Å². The number of rotatable bonds is 3. The zero-order chi connectivity index (χ0) is 10.8. The van der Waals surface area contributed by atoms with Gasteiger partial charge < -0.3 is 4.74 Å². The van der Waals surface area contributed by atoms with Gasteiger partial charge in [-0.2, -0.15) is 0 Å². The number of nitrogens with zero attached hydrogens (tertiary/aromatic N) is 1. The van der Waals surface area contributed by atoms with Crippen molar-refractivity contribution in [1.29, 1.82) is 0 Å². The summed E-state index contributed by atoms with van der Waals surface area (Å²) in [6.45, 7) is 8.86. The van der Waals surface area contributed by atoms with Gasteiger partial charge in [0.2, 0.25) is 0 Å². The molecule has 83 valence electrons. The molecule has 0 amide bonds. The van der Waals surface area contributed by atoms with Gasteiger partial charge >= 0.3 is 0 Å². The van der Waals surface area contributed by atoms with Crippen molar-refractivity contribution in [2.75, 3.05) is 6.61 Å². The van der Waals surface area contributed by atoms with Crippen molar-refractivity contribution in [3.05, 3.63) is 0 Å². The second-order valence-corrected chi connectivity index (χ2v) is 5.21. The van der Waals surface area contributed by atoms with Gasteiger partial charge in [0, 0.05) is 5.54 Å². The number of hydrogen-bond donors (Lipinski definition) is 0. The molecule has 1 unspecified atom stereocenters. The molecule has 0 saturated carbocycles. The number of piperidine rings is 1. The highest BCUT2D eigenvalue weighted by Gasteiger charge is 2.37. The van der Waals surface area contributed by atoms with E-state index in [1.54, 1.807) is 0 Å². The van der Waals surface area contributed by atoms with E-state index >= 15 is 0 Å². The number of hydroxylamine groups is 2. The summed E-state index contributed by atoms with van der Waals surface area (Å²) in [5.74, 6) is 0.494. The smallest absolute Gasteiger partial charge is 0.136 e. The molecule has 14 heavy (non-hydrogen) atoms. The molecular weight excluding hydrogens is 178 g/mol. The van der Waals surface area contributed by atoms with Crippen molar-refractivity contribution in [1.82, 2.24) is 5.06 Å². The van der Waals surface area contributed by atoms with E-state index in [1.165, 1.54) is 0 Å². The summed E-state index contributed by atoms with van der Waals surface area (Å²) in [5.41, 5.74) is -0.250. The summed E-state index contributed by atoms with van der Waals surface area (Å²) < 4.78 is 5.61. The van der Waals surface area contributed by atoms with Crippen LogP contribution >= 0.6 is 0 Å². The molecule has 1 fully saturated rings. The second kappa shape index (κ2) is 4.60. The minimum atomic E-state index is -0.250. The van der Waals surface area contributed by atoms with E-state index in [9.17, 15) is 5.21 Å². The average molecular weight is 200 g/mol. The number of hydrogen-bond acceptors (Lipinski definition) is 2. The molecule has 1 atom stereocenters. The van der Waals surface area contributed by atoms with Gasteiger partial charge in [-0.05, 0) is 39.0 Å². The summed E-state index contributed by atoms with van der Waals surface area (Å²) in [7, 11) is 0. The molecule has 0 spiro atoms. The lowest BCUT2D eigenvalue weighted by molar-refractivity contribution is -0.318. The quantitative estimate of drug-likeness (QED) is 0.701. The first-order valence-electron chi connectivity index (χ1n) is 5.51. The lowest BCUT2D eigenvalue weighted by Gasteiger charge is -2.41. The van der Waals surface area contributed by atoms with E-state index in [4.69, 9.17) is 4.74 Å². The summed E-state index contributed by atoms with van der Waals surface area (Å²) in [4.78, 5) is 0. The molecule has 0 aromatic carbocycles. The van der Waals surface area contributed by atoms with Gasteiger partial charge in [0.1, 0.15) is 6.23 Å². The van der Waals surface area contributed by atoms with Gasteiger partial charge in [0.25, 0.3) is 0 Å². The molecule has 0 aromatic heterocycles. The third kappa shape index (κ3) is 2.94. The van der Waals surface area contributed by atoms with Crippen LogP contribution in [0.4, 0.5) is 0 Å². The third-order valence-electron chi connectivity index (χ3n) is 2.72. The van der Waals surface area contributed by atoms with Crippen LogP contribution in [0.3, 0.4) is 0 Å². The molecule has 1 aliphatic heterocycles. The summed E-state index contributed by atoms with van der Waals surface area (Å²) >= 11 is 0. The average Bonchev–Trinajstić information content (AvgIpc) is 2.07. The Hall–Kier alpha value is -0.120. The monoisotopic (exact) mass is 200 g/mol. The van der Waals surface area contributed by atoms with Crippen LogP contribution in [-0.2, 0) is 9.94 Å². The highest BCUT2D eigenvalue weighted by Crippen LogP contribution is 2.30. The largest absolute Gasteiger partial charge is 0.361 e. The highest BCUT2D eigenvalue weighted by atomic mass is 16.6. The van der Waals surface area contributed by atoms with Crippen LogP contribution in [0.1, 0.15) is 47.0 Å². The number of ether oxygens (including phenoxy) is 1. The lowest BCUT2D eigenvalue weighted by Crippen LogP contribution is -2.51. The molecule has 1 aliphatic rings. The zero-order valence-electron chi connectivity index (χ0n) is 9.75. The minimum absolute atomic E-state index is 0.221. The van der Waals surface area contributed by atoms with Crippen LogP contribution in [0.15, 0.2) is 0 Å². The Balaban J connectivity index is 2.44. The fourth-order valence-corrected chi connectivity index (χ4v) is 1.78. The van der Waals surface area contributed by atoms with E-state index < -0.39 is 0 Å². The maximum Gasteiger partial charge on any atom is 0.136 e. The molecular formula is C11H22NO2. The third-order valence-corrected chi connectivity index (χ3v) is 2.72. The van der Waals surface area contributed by atoms with Crippen LogP contribution in [0.5, 0.6) is 0 Å². The van der Waals surface area contributed by atoms with Gasteiger partial charge in [0.05, 0.1) is 6.61 Å². The van der Waals surface area contributed by atoms with E-state index in [0.717, 1.165) is 24.3 Å². The fourth-order valence-electron chi connectivity index (χ4n) is 1.78. The van der Waals surface area contributed by atoms with Crippen LogP contribution < -0.4 is 0 Å². The first kappa shape index (κ1) is 12.0. The fraction of sp³-hybridized carbons (Fsp3) is 1.00. The van der Waals surface area contributed by atoms with Gasteiger partial charge in [-0.15, -0.1) is 10.3 Å². The van der Waals surface area contributed by atoms with Gasteiger partial charge in [-0.25, -0.2) is 0 Å². The summed E-state index contributed by atoms with van der Waals surface area (Å²) in [6.07, 6.45) is 2.72. The van der Waals surface area contributed by atoms with Crippen molar-refractivity contribution in [2.24, 2.45) is 5.92 Å². The Morgan fingerprint density at radius 3 is 2.71 bits per heavy atom. The molecule has 3 heteroatoms. The van der Waals surface area contributed by atoms with Crippen molar-refractivity contribution in [3.63, 3.8) is 0 Å². The Morgan fingerprint density at radius 2 is 2.14 bits per heavy atom. The topological polar surface area (TPSA) is 32.4 Å². The lowest BCUT2D eigenvalue weighted by atomic mass is 9.92. The molecule has 1 saturated heterocycles. The molecule has 0 bridgehead atoms. The van der Waals surface area contributed by atoms with Crippen molar-refractivity contribution in [3.8, 4) is 0 Å². The molecule has 1 heterocycles. The van der Waals surface area contributed by atoms with Crippen molar-refractivity contribution < 1.29 is 9.94 Å². The van der Waals surface area contributed by atoms with E-state index in [2.05, 4.69) is 13.8 Å². The molecule has 3 nitrogen and oxygen atoms in total. The van der Waals surface area contributed by atoms with Gasteiger partial charge in [0.15, 0.2) is 0 Å². The maximum atomic E-state index is 11.9. The van der Waals surface area contributed by atoms with Crippen LogP contribution in [0.25, 0.3) is 0 Å². The van der Waals surface area contributed by atoms with E-state index in [1.807, 2.05) is 13.8 Å². The first-order valence-corrected chi connectivity index (χ1v) is 5.51. The van der Waals surface area contributed by atoms with Crippen LogP contribution in [0, 0.1) is 5.92 Å². The molecule has 0 aromatic rings. The Kier molecular flexibility index (Phi) is 3.93. The Morgan fingerprint density at radius 1 is 1.50 bits per heavy atom. The maximum absolute atomic E-state index is 11.9. The van der Waals surface area contributed by atoms with E-state index in [0.29, 0.717) is 12.5 Å². The Bertz CT molecular complexity index is 180. The molecule has 1 radical (unpaired) electrons. The van der Waals surface area contributed by atoms with Gasteiger partial charge in [-0.1, -0.05) is 13.8 Å². The summed E-state index contributed by atoms with van der Waals surface area (Å²) in [6, 6.07) is 0. The first-order chi connectivity index (χ1) is 6.43. The molecule has 0 aliphatic carbocycles. The predicted octanol–water partition coefficient (Wildman–Crippen LogP) is 2.60.